The van der Waals surface area contributed by atoms with Crippen molar-refractivity contribution >= 4 is 38.0 Å². The molecule has 0 spiro atoms. The van der Waals surface area contributed by atoms with Gasteiger partial charge in [0.1, 0.15) is 16.3 Å². The molecule has 3 aromatic carbocycles. The monoisotopic (exact) mass is 380 g/mol. The fraction of sp³-hybridized carbons (Fsp3) is 0. The molecule has 10 heteroatoms. The third-order valence-electron chi connectivity index (χ3n) is 3.64. The van der Waals surface area contributed by atoms with Gasteiger partial charge in [0.2, 0.25) is 0 Å². The largest absolute Gasteiger partial charge is 0.305 e. The van der Waals surface area contributed by atoms with Crippen LogP contribution in [-0.4, -0.2) is 13.0 Å². The van der Waals surface area contributed by atoms with E-state index in [1.165, 1.54) is 12.1 Å². The van der Waals surface area contributed by atoms with E-state index in [9.17, 15) is 13.0 Å². The second-order valence-electron chi connectivity index (χ2n) is 5.34. The molecule has 134 valence electrons. The van der Waals surface area contributed by atoms with Gasteiger partial charge in [-0.3, -0.25) is 4.55 Å². The lowest BCUT2D eigenvalue weighted by Gasteiger charge is -2.08. The van der Waals surface area contributed by atoms with Crippen LogP contribution in [0.2, 0.25) is 0 Å². The maximum absolute atomic E-state index is 11.8. The highest BCUT2D eigenvalue weighted by Gasteiger charge is 2.19. The molecule has 0 saturated heterocycles. The minimum absolute atomic E-state index is 0.0397. The molecule has 0 bridgehead atoms. The summed E-state index contributed by atoms with van der Waals surface area (Å²) >= 11 is 0. The Balaban J connectivity index is 2.26. The number of hydrogen-bond acceptors (Lipinski definition) is 7. The molecule has 0 fully saturated rings. The molecule has 0 unspecified atom stereocenters. The molecule has 0 aliphatic rings. The van der Waals surface area contributed by atoms with Gasteiger partial charge in [-0.2, -0.15) is 18.8 Å². The van der Waals surface area contributed by atoms with Gasteiger partial charge in [0.05, 0.1) is 17.3 Å². The predicted molar refractivity (Wildman–Crippen MR) is 97.8 cm³/mol. The normalized spacial score (nSPS) is 12.0. The lowest BCUT2D eigenvalue weighted by atomic mass is 10.1. The van der Waals surface area contributed by atoms with Crippen molar-refractivity contribution in [1.29, 1.82) is 5.26 Å². The van der Waals surface area contributed by atoms with Gasteiger partial charge in [-0.15, -0.1) is 10.2 Å². The molecule has 27 heavy (non-hydrogen) atoms. The zero-order chi connectivity index (χ0) is 19.4. The number of fused-ring (bicyclic) bond motifs is 1. The van der Waals surface area contributed by atoms with Gasteiger partial charge >= 0.3 is 0 Å². The summed E-state index contributed by atoms with van der Waals surface area (Å²) in [7, 11) is -4.53. The summed E-state index contributed by atoms with van der Waals surface area (Å²) in [5.41, 5.74) is 1.01. The van der Waals surface area contributed by atoms with Crippen LogP contribution in [-0.2, 0) is 10.1 Å². The third kappa shape index (κ3) is 3.79. The van der Waals surface area contributed by atoms with Crippen molar-refractivity contribution in [1.82, 2.24) is 0 Å². The summed E-state index contributed by atoms with van der Waals surface area (Å²) in [4.78, 5) is -0.339. The van der Waals surface area contributed by atoms with Gasteiger partial charge in [-0.05, 0) is 24.3 Å². The van der Waals surface area contributed by atoms with Crippen LogP contribution in [0, 0.1) is 11.3 Å². The molecule has 0 saturated carbocycles. The maximum Gasteiger partial charge on any atom is 0.295 e. The molecule has 0 atom stereocenters. The highest BCUT2D eigenvalue weighted by molar-refractivity contribution is 7.86. The molecule has 3 aromatic rings. The molecule has 0 aromatic heterocycles. The summed E-state index contributed by atoms with van der Waals surface area (Å²) in [6.45, 7) is 0. The minimum Gasteiger partial charge on any atom is -0.305 e. The summed E-state index contributed by atoms with van der Waals surface area (Å²) in [5, 5.41) is 24.7. The maximum atomic E-state index is 11.8. The lowest BCUT2D eigenvalue weighted by molar-refractivity contribution is 0.484. The molecule has 3 rings (SSSR count). The number of nitriles is 1. The fourth-order valence-corrected chi connectivity index (χ4v) is 3.23. The first-order valence-electron chi connectivity index (χ1n) is 7.50. The third-order valence-corrected chi connectivity index (χ3v) is 4.54. The van der Waals surface area contributed by atoms with Gasteiger partial charge in [-0.25, -0.2) is 0 Å². The van der Waals surface area contributed by atoms with E-state index in [-0.39, 0.29) is 21.7 Å². The Morgan fingerprint density at radius 3 is 2.37 bits per heavy atom. The number of nitrogens with zero attached hydrogens (tertiary/aromatic N) is 5. The molecule has 0 aliphatic carbocycles. The molecule has 0 amide bonds. The van der Waals surface area contributed by atoms with Gasteiger partial charge < -0.3 is 5.84 Å². The lowest BCUT2D eigenvalue weighted by Crippen LogP contribution is -1.99. The first kappa shape index (κ1) is 18.1. The van der Waals surface area contributed by atoms with Crippen molar-refractivity contribution in [3.8, 4) is 6.07 Å². The van der Waals surface area contributed by atoms with E-state index in [1.807, 2.05) is 6.07 Å². The molecule has 3 N–H and O–H groups in total. The molecule has 0 aliphatic heterocycles. The number of hydrogen-bond donors (Lipinski definition) is 2. The quantitative estimate of drug-likeness (QED) is 0.298. The zero-order valence-electron chi connectivity index (χ0n) is 13.7. The zero-order valence-corrected chi connectivity index (χ0v) is 14.5. The molecular formula is C17H12N6O3S. The van der Waals surface area contributed by atoms with Gasteiger partial charge in [-0.1, -0.05) is 35.6 Å². The number of rotatable bonds is 4. The van der Waals surface area contributed by atoms with E-state index in [0.29, 0.717) is 16.6 Å². The van der Waals surface area contributed by atoms with Crippen molar-refractivity contribution in [3.05, 3.63) is 60.2 Å². The van der Waals surface area contributed by atoms with E-state index >= 15 is 0 Å². The topological polar surface area (TPSA) is 154 Å². The predicted octanol–water partition coefficient (Wildman–Crippen LogP) is 4.33. The van der Waals surface area contributed by atoms with Crippen LogP contribution in [0.15, 0.2) is 80.1 Å². The second kappa shape index (κ2) is 7.28. The molecular weight excluding hydrogens is 368 g/mol. The van der Waals surface area contributed by atoms with Crippen LogP contribution < -0.4 is 5.84 Å². The molecule has 0 radical (unpaired) electrons. The standard InChI is InChI=1S/C17H12N6O3S/c18-10-11-4-3-5-12(8-11)20-21-15-9-16(27(24,25)26)13-6-1-2-7-14(13)17(15)22-23-19/h1-9H,(H2,19,22)(H,24,25,26). The summed E-state index contributed by atoms with van der Waals surface area (Å²) in [6, 6.07) is 15.9. The van der Waals surface area contributed by atoms with Crippen LogP contribution in [0.1, 0.15) is 5.56 Å². The van der Waals surface area contributed by atoms with E-state index in [2.05, 4.69) is 20.6 Å². The Morgan fingerprint density at radius 2 is 1.70 bits per heavy atom. The Morgan fingerprint density at radius 1 is 0.963 bits per heavy atom. The number of benzene rings is 3. The first-order chi connectivity index (χ1) is 12.9. The Hall–Kier alpha value is -3.68. The molecule has 9 nitrogen and oxygen atoms in total. The number of azo groups is 1. The first-order valence-corrected chi connectivity index (χ1v) is 8.94. The van der Waals surface area contributed by atoms with E-state index < -0.39 is 10.1 Å². The second-order valence-corrected chi connectivity index (χ2v) is 6.73. The Kier molecular flexibility index (Phi) is 4.89. The molecule has 0 heterocycles. The minimum atomic E-state index is -4.53. The van der Waals surface area contributed by atoms with E-state index in [1.54, 1.807) is 36.4 Å². The van der Waals surface area contributed by atoms with E-state index in [4.69, 9.17) is 11.1 Å². The van der Waals surface area contributed by atoms with Crippen molar-refractivity contribution in [2.75, 3.05) is 0 Å². The summed E-state index contributed by atoms with van der Waals surface area (Å²) < 4.78 is 33.2. The SMILES string of the molecule is N#Cc1cccc(N=Nc2cc(S(=O)(=O)O)c3ccccc3c2N=NN)c1. The van der Waals surface area contributed by atoms with Crippen molar-refractivity contribution in [2.45, 2.75) is 4.90 Å². The van der Waals surface area contributed by atoms with E-state index in [0.717, 1.165) is 6.07 Å². The van der Waals surface area contributed by atoms with Gasteiger partial charge in [0.15, 0.2) is 0 Å². The van der Waals surface area contributed by atoms with Crippen LogP contribution >= 0.6 is 0 Å². The smallest absolute Gasteiger partial charge is 0.295 e. The average Bonchev–Trinajstić information content (AvgIpc) is 2.66. The summed E-state index contributed by atoms with van der Waals surface area (Å²) in [6.07, 6.45) is 0. The fourth-order valence-electron chi connectivity index (χ4n) is 2.51. The van der Waals surface area contributed by atoms with Crippen LogP contribution in [0.3, 0.4) is 0 Å². The van der Waals surface area contributed by atoms with Crippen LogP contribution in [0.4, 0.5) is 17.1 Å². The van der Waals surface area contributed by atoms with Crippen LogP contribution in [0.25, 0.3) is 10.8 Å². The van der Waals surface area contributed by atoms with Crippen LogP contribution in [0.5, 0.6) is 0 Å². The van der Waals surface area contributed by atoms with Crippen molar-refractivity contribution in [2.24, 2.45) is 26.4 Å². The Labute approximate surface area is 154 Å². The highest BCUT2D eigenvalue weighted by atomic mass is 32.2. The average molecular weight is 380 g/mol. The highest BCUT2D eigenvalue weighted by Crippen LogP contribution is 2.40. The van der Waals surface area contributed by atoms with Gasteiger partial charge in [0.25, 0.3) is 10.1 Å². The van der Waals surface area contributed by atoms with Gasteiger partial charge in [0, 0.05) is 10.8 Å². The van der Waals surface area contributed by atoms with Crippen molar-refractivity contribution in [3.63, 3.8) is 0 Å². The number of nitrogens with two attached hydrogens (primary N) is 1. The summed E-state index contributed by atoms with van der Waals surface area (Å²) in [5.74, 6) is 5.17. The van der Waals surface area contributed by atoms with Crippen molar-refractivity contribution < 1.29 is 13.0 Å². The Bertz CT molecular complexity index is 1230.